The van der Waals surface area contributed by atoms with Crippen LogP contribution in [0.1, 0.15) is 18.7 Å². The highest BCUT2D eigenvalue weighted by Crippen LogP contribution is 2.14. The highest BCUT2D eigenvalue weighted by atomic mass is 19.1. The monoisotopic (exact) mass is 228 g/mol. The topological polar surface area (TPSA) is 82.5 Å². The number of aliphatic hydroxyl groups is 2. The molecule has 1 aromatic rings. The van der Waals surface area contributed by atoms with Crippen molar-refractivity contribution < 1.29 is 19.4 Å². The summed E-state index contributed by atoms with van der Waals surface area (Å²) in [6, 6.07) is 3.91. The van der Waals surface area contributed by atoms with Gasteiger partial charge in [-0.05, 0) is 12.1 Å². The first-order valence-corrected chi connectivity index (χ1v) is 4.73. The Morgan fingerprint density at radius 1 is 1.56 bits per heavy atom. The van der Waals surface area contributed by atoms with E-state index in [4.69, 9.17) is 0 Å². The minimum absolute atomic E-state index is 0.0258. The molecule has 1 amide bonds. The molecule has 16 heavy (non-hydrogen) atoms. The summed E-state index contributed by atoms with van der Waals surface area (Å²) in [5.74, 6) is -1.05. The molecule has 0 fully saturated rings. The van der Waals surface area contributed by atoms with Gasteiger partial charge in [0.15, 0.2) is 0 Å². The Kier molecular flexibility index (Phi) is 4.33. The van der Waals surface area contributed by atoms with E-state index in [-0.39, 0.29) is 18.1 Å². The lowest BCUT2D eigenvalue weighted by molar-refractivity contribution is -0.119. The molecule has 3 N–H and O–H groups in total. The molecular weight excluding hydrogens is 215 g/mol. The van der Waals surface area contributed by atoms with Crippen molar-refractivity contribution in [1.29, 1.82) is 0 Å². The Morgan fingerprint density at radius 2 is 2.25 bits per heavy atom. The van der Waals surface area contributed by atoms with Crippen molar-refractivity contribution in [2.24, 2.45) is 0 Å². The van der Waals surface area contributed by atoms with Gasteiger partial charge < -0.3 is 15.5 Å². The molecule has 0 radical (unpaired) electrons. The van der Waals surface area contributed by atoms with E-state index in [2.05, 4.69) is 10.3 Å². The van der Waals surface area contributed by atoms with Gasteiger partial charge in [0, 0.05) is 13.5 Å². The van der Waals surface area contributed by atoms with Gasteiger partial charge in [0.05, 0.1) is 5.69 Å². The molecule has 2 unspecified atom stereocenters. The summed E-state index contributed by atoms with van der Waals surface area (Å²) < 4.78 is 12.7. The van der Waals surface area contributed by atoms with Gasteiger partial charge in [-0.25, -0.2) is 4.98 Å². The number of carbonyl (C=O) groups is 1. The summed E-state index contributed by atoms with van der Waals surface area (Å²) in [5, 5.41) is 21.4. The average molecular weight is 228 g/mol. The molecule has 0 bridgehead atoms. The van der Waals surface area contributed by atoms with E-state index in [1.165, 1.54) is 19.1 Å². The Hall–Kier alpha value is -1.53. The van der Waals surface area contributed by atoms with Crippen LogP contribution in [0.5, 0.6) is 0 Å². The number of nitrogens with zero attached hydrogens (tertiary/aromatic N) is 1. The number of carbonyl (C=O) groups excluding carboxylic acids is 1. The Bertz CT molecular complexity index is 373. The number of rotatable bonds is 4. The quantitative estimate of drug-likeness (QED) is 0.621. The summed E-state index contributed by atoms with van der Waals surface area (Å²) in [5.41, 5.74) is 0.0258. The van der Waals surface area contributed by atoms with Gasteiger partial charge in [0.2, 0.25) is 11.9 Å². The maximum Gasteiger partial charge on any atom is 0.216 e. The van der Waals surface area contributed by atoms with Crippen LogP contribution in [-0.2, 0) is 4.79 Å². The van der Waals surface area contributed by atoms with Crippen LogP contribution in [0.4, 0.5) is 4.39 Å². The summed E-state index contributed by atoms with van der Waals surface area (Å²) in [4.78, 5) is 14.0. The Morgan fingerprint density at radius 3 is 2.81 bits per heavy atom. The van der Waals surface area contributed by atoms with E-state index in [0.29, 0.717) is 0 Å². The summed E-state index contributed by atoms with van der Waals surface area (Å²) >= 11 is 0. The summed E-state index contributed by atoms with van der Waals surface area (Å²) in [6.45, 7) is 1.17. The predicted octanol–water partition coefficient (Wildman–Crippen LogP) is -0.249. The van der Waals surface area contributed by atoms with Crippen LogP contribution < -0.4 is 5.32 Å². The SMILES string of the molecule is CC(=O)NCC(O)C(O)c1cccc(F)n1. The lowest BCUT2D eigenvalue weighted by atomic mass is 10.1. The third kappa shape index (κ3) is 3.56. The van der Waals surface area contributed by atoms with E-state index < -0.39 is 18.2 Å². The molecule has 0 spiro atoms. The molecule has 0 saturated carbocycles. The van der Waals surface area contributed by atoms with E-state index in [1.54, 1.807) is 0 Å². The second-order valence-electron chi connectivity index (χ2n) is 3.33. The highest BCUT2D eigenvalue weighted by Gasteiger charge is 2.20. The maximum atomic E-state index is 12.7. The minimum atomic E-state index is -1.33. The molecule has 1 heterocycles. The van der Waals surface area contributed by atoms with Crippen LogP contribution in [0.3, 0.4) is 0 Å². The third-order valence-electron chi connectivity index (χ3n) is 1.96. The van der Waals surface area contributed by atoms with Crippen LogP contribution >= 0.6 is 0 Å². The van der Waals surface area contributed by atoms with Gasteiger partial charge >= 0.3 is 0 Å². The zero-order valence-corrected chi connectivity index (χ0v) is 8.72. The second kappa shape index (κ2) is 5.53. The molecule has 1 rings (SSSR count). The predicted molar refractivity (Wildman–Crippen MR) is 53.8 cm³/mol. The van der Waals surface area contributed by atoms with Crippen LogP contribution in [0.2, 0.25) is 0 Å². The molecule has 0 aliphatic carbocycles. The van der Waals surface area contributed by atoms with Gasteiger partial charge in [0.1, 0.15) is 12.2 Å². The van der Waals surface area contributed by atoms with Crippen molar-refractivity contribution in [3.63, 3.8) is 0 Å². The van der Waals surface area contributed by atoms with Crippen molar-refractivity contribution in [3.05, 3.63) is 29.8 Å². The lowest BCUT2D eigenvalue weighted by Crippen LogP contribution is -2.34. The van der Waals surface area contributed by atoms with E-state index in [0.717, 1.165) is 6.07 Å². The number of aliphatic hydroxyl groups excluding tert-OH is 2. The van der Waals surface area contributed by atoms with Crippen molar-refractivity contribution >= 4 is 5.91 Å². The zero-order valence-electron chi connectivity index (χ0n) is 8.72. The lowest BCUT2D eigenvalue weighted by Gasteiger charge is -2.17. The number of hydrogen-bond donors (Lipinski definition) is 3. The minimum Gasteiger partial charge on any atom is -0.388 e. The van der Waals surface area contributed by atoms with Crippen molar-refractivity contribution in [3.8, 4) is 0 Å². The average Bonchev–Trinajstić information content (AvgIpc) is 2.24. The zero-order chi connectivity index (χ0) is 12.1. The van der Waals surface area contributed by atoms with E-state index in [1.807, 2.05) is 0 Å². The van der Waals surface area contributed by atoms with Crippen LogP contribution in [-0.4, -0.2) is 33.8 Å². The Labute approximate surface area is 91.9 Å². The van der Waals surface area contributed by atoms with Crippen LogP contribution in [0.15, 0.2) is 18.2 Å². The second-order valence-corrected chi connectivity index (χ2v) is 3.33. The van der Waals surface area contributed by atoms with Gasteiger partial charge in [-0.2, -0.15) is 4.39 Å². The number of hydrogen-bond acceptors (Lipinski definition) is 4. The van der Waals surface area contributed by atoms with E-state index >= 15 is 0 Å². The molecule has 88 valence electrons. The molecule has 0 aliphatic rings. The van der Waals surface area contributed by atoms with Crippen molar-refractivity contribution in [2.45, 2.75) is 19.1 Å². The van der Waals surface area contributed by atoms with Crippen molar-refractivity contribution in [1.82, 2.24) is 10.3 Å². The molecule has 0 aromatic carbocycles. The summed E-state index contributed by atoms with van der Waals surface area (Å²) in [7, 11) is 0. The number of pyridine rings is 1. The van der Waals surface area contributed by atoms with Crippen LogP contribution in [0.25, 0.3) is 0 Å². The fourth-order valence-electron chi connectivity index (χ4n) is 1.15. The molecule has 1 aromatic heterocycles. The standard InChI is InChI=1S/C10H13FN2O3/c1-6(14)12-5-8(15)10(16)7-3-2-4-9(11)13-7/h2-4,8,10,15-16H,5H2,1H3,(H,12,14). The number of halogens is 1. The first kappa shape index (κ1) is 12.5. The smallest absolute Gasteiger partial charge is 0.216 e. The Balaban J connectivity index is 2.62. The molecule has 2 atom stereocenters. The van der Waals surface area contributed by atoms with Gasteiger partial charge in [-0.15, -0.1) is 0 Å². The number of amides is 1. The normalized spacial score (nSPS) is 14.2. The van der Waals surface area contributed by atoms with Crippen molar-refractivity contribution in [2.75, 3.05) is 6.54 Å². The first-order chi connectivity index (χ1) is 7.50. The first-order valence-electron chi connectivity index (χ1n) is 4.73. The fraction of sp³-hybridized carbons (Fsp3) is 0.400. The largest absolute Gasteiger partial charge is 0.388 e. The van der Waals surface area contributed by atoms with Crippen LogP contribution in [0, 0.1) is 5.95 Å². The van der Waals surface area contributed by atoms with Gasteiger partial charge in [0.25, 0.3) is 0 Å². The summed E-state index contributed by atoms with van der Waals surface area (Å²) in [6.07, 6.45) is -2.55. The third-order valence-corrected chi connectivity index (χ3v) is 1.96. The van der Waals surface area contributed by atoms with Gasteiger partial charge in [-0.1, -0.05) is 6.07 Å². The van der Waals surface area contributed by atoms with Gasteiger partial charge in [-0.3, -0.25) is 4.79 Å². The number of aromatic nitrogens is 1. The molecule has 6 heteroatoms. The fourth-order valence-corrected chi connectivity index (χ4v) is 1.15. The van der Waals surface area contributed by atoms with E-state index in [9.17, 15) is 19.4 Å². The number of nitrogens with one attached hydrogen (secondary N) is 1. The molecule has 0 saturated heterocycles. The maximum absolute atomic E-state index is 12.7. The molecule has 5 nitrogen and oxygen atoms in total. The highest BCUT2D eigenvalue weighted by molar-refractivity contribution is 5.72. The molecular formula is C10H13FN2O3. The molecule has 0 aliphatic heterocycles.